The SMILES string of the molecule is C#CCCOC(=O)C=C. The zero-order valence-corrected chi connectivity index (χ0v) is 5.09. The number of carbonyl (C=O) groups excluding carboxylic acids is 1. The maximum absolute atomic E-state index is 10.3. The van der Waals surface area contributed by atoms with E-state index in [1.54, 1.807) is 0 Å². The van der Waals surface area contributed by atoms with Crippen LogP contribution in [0.3, 0.4) is 0 Å². The lowest BCUT2D eigenvalue weighted by Gasteiger charge is -1.94. The van der Waals surface area contributed by atoms with Crippen molar-refractivity contribution in [3.05, 3.63) is 12.7 Å². The number of rotatable bonds is 3. The van der Waals surface area contributed by atoms with Gasteiger partial charge in [-0.05, 0) is 0 Å². The first-order valence-electron chi connectivity index (χ1n) is 2.54. The average molecular weight is 124 g/mol. The van der Waals surface area contributed by atoms with Gasteiger partial charge in [-0.15, -0.1) is 12.3 Å². The molecule has 0 aromatic carbocycles. The lowest BCUT2D eigenvalue weighted by Crippen LogP contribution is -2.00. The van der Waals surface area contributed by atoms with Crippen LogP contribution in [0.5, 0.6) is 0 Å². The van der Waals surface area contributed by atoms with Gasteiger partial charge >= 0.3 is 5.97 Å². The van der Waals surface area contributed by atoms with E-state index < -0.39 is 5.97 Å². The van der Waals surface area contributed by atoms with Gasteiger partial charge in [-0.3, -0.25) is 0 Å². The first-order chi connectivity index (χ1) is 4.31. The Hall–Kier alpha value is -1.23. The number of carbonyl (C=O) groups is 1. The first kappa shape index (κ1) is 7.77. The number of ether oxygens (including phenoxy) is 1. The molecule has 0 aromatic rings. The molecule has 0 saturated heterocycles. The van der Waals surface area contributed by atoms with Gasteiger partial charge < -0.3 is 4.74 Å². The van der Waals surface area contributed by atoms with Crippen LogP contribution in [-0.2, 0) is 9.53 Å². The maximum atomic E-state index is 10.3. The zero-order valence-electron chi connectivity index (χ0n) is 5.09. The molecule has 0 aliphatic carbocycles. The number of hydrogen-bond donors (Lipinski definition) is 0. The summed E-state index contributed by atoms with van der Waals surface area (Å²) in [7, 11) is 0. The Labute approximate surface area is 54.5 Å². The fourth-order valence-electron chi connectivity index (χ4n) is 0.269. The molecule has 48 valence electrons. The fraction of sp³-hybridized carbons (Fsp3) is 0.286. The Bertz CT molecular complexity index is 141. The molecule has 2 heteroatoms. The van der Waals surface area contributed by atoms with Gasteiger partial charge in [-0.2, -0.15) is 0 Å². The van der Waals surface area contributed by atoms with Crippen molar-refractivity contribution in [1.82, 2.24) is 0 Å². The van der Waals surface area contributed by atoms with E-state index in [4.69, 9.17) is 6.42 Å². The van der Waals surface area contributed by atoms with Crippen molar-refractivity contribution in [1.29, 1.82) is 0 Å². The maximum Gasteiger partial charge on any atom is 0.330 e. The summed E-state index contributed by atoms with van der Waals surface area (Å²) in [6.07, 6.45) is 6.45. The number of esters is 1. The minimum atomic E-state index is -0.426. The summed E-state index contributed by atoms with van der Waals surface area (Å²) >= 11 is 0. The Balaban J connectivity index is 3.19. The highest BCUT2D eigenvalue weighted by atomic mass is 16.5. The lowest BCUT2D eigenvalue weighted by atomic mass is 10.5. The Morgan fingerprint density at radius 3 is 3.00 bits per heavy atom. The van der Waals surface area contributed by atoms with Crippen molar-refractivity contribution in [3.63, 3.8) is 0 Å². The van der Waals surface area contributed by atoms with Crippen LogP contribution in [0.2, 0.25) is 0 Å². The van der Waals surface area contributed by atoms with Crippen molar-refractivity contribution in [2.45, 2.75) is 6.42 Å². The van der Waals surface area contributed by atoms with Gasteiger partial charge in [0.15, 0.2) is 0 Å². The van der Waals surface area contributed by atoms with Crippen molar-refractivity contribution in [2.75, 3.05) is 6.61 Å². The van der Waals surface area contributed by atoms with E-state index in [1.807, 2.05) is 0 Å². The van der Waals surface area contributed by atoms with Gasteiger partial charge in [0.05, 0.1) is 0 Å². The summed E-state index contributed by atoms with van der Waals surface area (Å²) in [6.45, 7) is 3.49. The molecule has 2 nitrogen and oxygen atoms in total. The summed E-state index contributed by atoms with van der Waals surface area (Å²) in [6, 6.07) is 0. The van der Waals surface area contributed by atoms with Crippen LogP contribution in [0.15, 0.2) is 12.7 Å². The third kappa shape index (κ3) is 4.63. The van der Waals surface area contributed by atoms with E-state index in [-0.39, 0.29) is 6.61 Å². The standard InChI is InChI=1S/C7H8O2/c1-3-5-6-9-7(8)4-2/h1,4H,2,5-6H2. The van der Waals surface area contributed by atoms with E-state index in [1.165, 1.54) is 0 Å². The third-order valence-corrected chi connectivity index (χ3v) is 0.657. The van der Waals surface area contributed by atoms with Gasteiger partial charge in [0.1, 0.15) is 6.61 Å². The van der Waals surface area contributed by atoms with Crippen LogP contribution in [0, 0.1) is 12.3 Å². The van der Waals surface area contributed by atoms with Crippen LogP contribution >= 0.6 is 0 Å². The molecule has 0 aromatic heterocycles. The second-order valence-corrected chi connectivity index (χ2v) is 1.33. The zero-order chi connectivity index (χ0) is 7.11. The van der Waals surface area contributed by atoms with Crippen LogP contribution in [0.4, 0.5) is 0 Å². The molecule has 0 fully saturated rings. The topological polar surface area (TPSA) is 26.3 Å². The summed E-state index contributed by atoms with van der Waals surface area (Å²) in [4.78, 5) is 10.3. The Kier molecular flexibility index (Phi) is 4.25. The predicted octanol–water partition coefficient (Wildman–Crippen LogP) is 0.739. The van der Waals surface area contributed by atoms with Gasteiger partial charge in [0, 0.05) is 12.5 Å². The first-order valence-corrected chi connectivity index (χ1v) is 2.54. The second kappa shape index (κ2) is 4.92. The second-order valence-electron chi connectivity index (χ2n) is 1.33. The minimum absolute atomic E-state index is 0.279. The Morgan fingerprint density at radius 2 is 2.56 bits per heavy atom. The van der Waals surface area contributed by atoms with E-state index in [0.29, 0.717) is 6.42 Å². The minimum Gasteiger partial charge on any atom is -0.462 e. The smallest absolute Gasteiger partial charge is 0.330 e. The monoisotopic (exact) mass is 124 g/mol. The average Bonchev–Trinajstić information content (AvgIpc) is 1.89. The molecule has 0 bridgehead atoms. The highest BCUT2D eigenvalue weighted by Gasteiger charge is 1.90. The van der Waals surface area contributed by atoms with Crippen LogP contribution in [0.25, 0.3) is 0 Å². The van der Waals surface area contributed by atoms with E-state index in [9.17, 15) is 4.79 Å². The Morgan fingerprint density at radius 1 is 1.89 bits per heavy atom. The van der Waals surface area contributed by atoms with E-state index in [0.717, 1.165) is 6.08 Å². The lowest BCUT2D eigenvalue weighted by molar-refractivity contribution is -0.137. The predicted molar refractivity (Wildman–Crippen MR) is 34.6 cm³/mol. The molecule has 0 N–H and O–H groups in total. The van der Waals surface area contributed by atoms with Crippen LogP contribution in [-0.4, -0.2) is 12.6 Å². The van der Waals surface area contributed by atoms with Crippen molar-refractivity contribution >= 4 is 5.97 Å². The molecule has 0 heterocycles. The van der Waals surface area contributed by atoms with Crippen LogP contribution < -0.4 is 0 Å². The molecule has 0 rings (SSSR count). The van der Waals surface area contributed by atoms with E-state index >= 15 is 0 Å². The number of hydrogen-bond acceptors (Lipinski definition) is 2. The largest absolute Gasteiger partial charge is 0.462 e. The van der Waals surface area contributed by atoms with Gasteiger partial charge in [-0.25, -0.2) is 4.79 Å². The van der Waals surface area contributed by atoms with Crippen molar-refractivity contribution in [2.24, 2.45) is 0 Å². The van der Waals surface area contributed by atoms with Crippen molar-refractivity contribution in [3.8, 4) is 12.3 Å². The highest BCUT2D eigenvalue weighted by molar-refractivity contribution is 5.81. The van der Waals surface area contributed by atoms with Crippen molar-refractivity contribution < 1.29 is 9.53 Å². The van der Waals surface area contributed by atoms with Gasteiger partial charge in [-0.1, -0.05) is 6.58 Å². The molecule has 0 spiro atoms. The molecule has 0 aliphatic heterocycles. The normalized spacial score (nSPS) is 7.44. The quantitative estimate of drug-likeness (QED) is 0.240. The van der Waals surface area contributed by atoms with Gasteiger partial charge in [0.2, 0.25) is 0 Å². The molecule has 9 heavy (non-hydrogen) atoms. The van der Waals surface area contributed by atoms with Crippen LogP contribution in [0.1, 0.15) is 6.42 Å². The molecule has 0 amide bonds. The molecule has 0 unspecified atom stereocenters. The molecule has 0 aliphatic rings. The molecule has 0 radical (unpaired) electrons. The highest BCUT2D eigenvalue weighted by Crippen LogP contribution is 1.81. The molecular formula is C7H8O2. The van der Waals surface area contributed by atoms with Gasteiger partial charge in [0.25, 0.3) is 0 Å². The third-order valence-electron chi connectivity index (χ3n) is 0.657. The molecular weight excluding hydrogens is 116 g/mol. The fourth-order valence-corrected chi connectivity index (χ4v) is 0.269. The van der Waals surface area contributed by atoms with E-state index in [2.05, 4.69) is 17.2 Å². The number of terminal acetylenes is 1. The summed E-state index contributed by atoms with van der Waals surface area (Å²) in [5.41, 5.74) is 0. The summed E-state index contributed by atoms with van der Waals surface area (Å²) < 4.78 is 4.53. The summed E-state index contributed by atoms with van der Waals surface area (Å²) in [5.74, 6) is 1.91. The summed E-state index contributed by atoms with van der Waals surface area (Å²) in [5, 5.41) is 0. The molecule has 0 saturated carbocycles. The molecule has 0 atom stereocenters.